The zero-order chi connectivity index (χ0) is 19.0. The Kier molecular flexibility index (Phi) is 8.37. The summed E-state index contributed by atoms with van der Waals surface area (Å²) in [6.45, 7) is 12.4. The van der Waals surface area contributed by atoms with E-state index in [1.54, 1.807) is 0 Å². The van der Waals surface area contributed by atoms with Crippen LogP contribution < -0.4 is 0 Å². The molecule has 1 aliphatic rings. The van der Waals surface area contributed by atoms with Gasteiger partial charge < -0.3 is 9.84 Å². The van der Waals surface area contributed by atoms with Crippen LogP contribution in [-0.4, -0.2) is 23.8 Å². The molecular formula is C22H34O3. The Hall–Kier alpha value is -1.61. The van der Waals surface area contributed by atoms with Crippen LogP contribution in [-0.2, 0) is 9.53 Å². The van der Waals surface area contributed by atoms with Crippen LogP contribution in [0.1, 0.15) is 67.2 Å². The maximum absolute atomic E-state index is 10.7. The van der Waals surface area contributed by atoms with Gasteiger partial charge in [-0.25, -0.2) is 0 Å². The minimum Gasteiger partial charge on any atom is -0.462 e. The molecule has 0 aromatic heterocycles. The molecule has 1 rings (SSSR count). The Balaban J connectivity index is 2.66. The van der Waals surface area contributed by atoms with E-state index in [1.165, 1.54) is 37.3 Å². The van der Waals surface area contributed by atoms with Gasteiger partial charge in [-0.2, -0.15) is 0 Å². The first kappa shape index (κ1) is 21.4. The second-order valence-corrected chi connectivity index (χ2v) is 7.80. The van der Waals surface area contributed by atoms with Gasteiger partial charge in [0.2, 0.25) is 0 Å². The molecule has 1 N–H and O–H groups in total. The zero-order valence-electron chi connectivity index (χ0n) is 16.7. The number of rotatable bonds is 7. The lowest BCUT2D eigenvalue weighted by Crippen LogP contribution is -2.19. The molecule has 0 aromatic rings. The monoisotopic (exact) mass is 346 g/mol. The summed E-state index contributed by atoms with van der Waals surface area (Å²) in [4.78, 5) is 10.7. The molecule has 0 aliphatic heterocycles. The number of esters is 1. The first-order chi connectivity index (χ1) is 11.6. The number of allylic oxidation sites excluding steroid dienone is 5. The fourth-order valence-electron chi connectivity index (χ4n) is 3.36. The van der Waals surface area contributed by atoms with Gasteiger partial charge in [-0.05, 0) is 63.5 Å². The third-order valence-corrected chi connectivity index (χ3v) is 4.76. The molecular weight excluding hydrogens is 312 g/mol. The van der Waals surface area contributed by atoms with E-state index in [0.717, 1.165) is 11.1 Å². The maximum atomic E-state index is 10.7. The van der Waals surface area contributed by atoms with Gasteiger partial charge in [0, 0.05) is 6.92 Å². The SMILES string of the molecule is CC(=O)OC/C=C(\C)CC(O)/C=C(C)/C=C/C1=C(C)CCCC1(C)C. The van der Waals surface area contributed by atoms with Gasteiger partial charge in [0.15, 0.2) is 0 Å². The van der Waals surface area contributed by atoms with E-state index >= 15 is 0 Å². The van der Waals surface area contributed by atoms with Gasteiger partial charge in [-0.1, -0.05) is 48.8 Å². The number of carbonyl (C=O) groups is 1. The summed E-state index contributed by atoms with van der Waals surface area (Å²) in [6, 6.07) is 0. The topological polar surface area (TPSA) is 46.5 Å². The predicted octanol–water partition coefficient (Wildman–Crippen LogP) is 5.28. The van der Waals surface area contributed by atoms with Crippen LogP contribution in [0.2, 0.25) is 0 Å². The van der Waals surface area contributed by atoms with Crippen molar-refractivity contribution in [2.24, 2.45) is 5.41 Å². The molecule has 1 unspecified atom stereocenters. The largest absolute Gasteiger partial charge is 0.462 e. The molecule has 0 saturated carbocycles. The number of aliphatic hydroxyl groups excluding tert-OH is 1. The van der Waals surface area contributed by atoms with Crippen molar-refractivity contribution in [1.82, 2.24) is 0 Å². The highest BCUT2D eigenvalue weighted by atomic mass is 16.5. The van der Waals surface area contributed by atoms with Gasteiger partial charge in [-0.3, -0.25) is 4.79 Å². The Morgan fingerprint density at radius 2 is 2.00 bits per heavy atom. The average Bonchev–Trinajstić information content (AvgIpc) is 2.45. The van der Waals surface area contributed by atoms with Gasteiger partial charge >= 0.3 is 5.97 Å². The van der Waals surface area contributed by atoms with Crippen LogP contribution in [0, 0.1) is 5.41 Å². The molecule has 0 bridgehead atoms. The third kappa shape index (κ3) is 7.87. The van der Waals surface area contributed by atoms with E-state index in [4.69, 9.17) is 4.74 Å². The summed E-state index contributed by atoms with van der Waals surface area (Å²) < 4.78 is 4.88. The Morgan fingerprint density at radius 3 is 2.60 bits per heavy atom. The summed E-state index contributed by atoms with van der Waals surface area (Å²) in [5.41, 5.74) is 5.20. The fourth-order valence-corrected chi connectivity index (χ4v) is 3.36. The molecule has 0 amide bonds. The lowest BCUT2D eigenvalue weighted by molar-refractivity contribution is -0.139. The molecule has 3 nitrogen and oxygen atoms in total. The minimum atomic E-state index is -0.535. The molecule has 0 heterocycles. The lowest BCUT2D eigenvalue weighted by Gasteiger charge is -2.33. The molecule has 0 saturated heterocycles. The van der Waals surface area contributed by atoms with Crippen molar-refractivity contribution in [2.75, 3.05) is 6.61 Å². The van der Waals surface area contributed by atoms with Crippen molar-refractivity contribution in [3.05, 3.63) is 46.6 Å². The highest BCUT2D eigenvalue weighted by molar-refractivity contribution is 5.66. The zero-order valence-corrected chi connectivity index (χ0v) is 16.7. The summed E-state index contributed by atoms with van der Waals surface area (Å²) in [5.74, 6) is -0.291. The summed E-state index contributed by atoms with van der Waals surface area (Å²) in [7, 11) is 0. The van der Waals surface area contributed by atoms with Crippen LogP contribution in [0.15, 0.2) is 46.6 Å². The second-order valence-electron chi connectivity index (χ2n) is 7.80. The molecule has 0 aromatic carbocycles. The molecule has 25 heavy (non-hydrogen) atoms. The van der Waals surface area contributed by atoms with Crippen molar-refractivity contribution in [3.63, 3.8) is 0 Å². The van der Waals surface area contributed by atoms with Gasteiger partial charge in [-0.15, -0.1) is 0 Å². The Bertz CT molecular complexity index is 588. The molecule has 1 aliphatic carbocycles. The van der Waals surface area contributed by atoms with E-state index < -0.39 is 6.10 Å². The summed E-state index contributed by atoms with van der Waals surface area (Å²) in [6.07, 6.45) is 11.7. The molecule has 3 heteroatoms. The van der Waals surface area contributed by atoms with Crippen LogP contribution in [0.4, 0.5) is 0 Å². The third-order valence-electron chi connectivity index (χ3n) is 4.76. The fraction of sp³-hybridized carbons (Fsp3) is 0.591. The lowest BCUT2D eigenvalue weighted by atomic mass is 9.72. The first-order valence-electron chi connectivity index (χ1n) is 9.15. The quantitative estimate of drug-likeness (QED) is 0.388. The number of ether oxygens (including phenoxy) is 1. The summed E-state index contributed by atoms with van der Waals surface area (Å²) >= 11 is 0. The van der Waals surface area contributed by atoms with E-state index in [2.05, 4.69) is 32.9 Å². The normalized spacial score (nSPS) is 20.1. The number of carbonyl (C=O) groups excluding carboxylic acids is 1. The smallest absolute Gasteiger partial charge is 0.302 e. The highest BCUT2D eigenvalue weighted by Gasteiger charge is 2.26. The van der Waals surface area contributed by atoms with Gasteiger partial charge in [0.05, 0.1) is 6.10 Å². The van der Waals surface area contributed by atoms with Crippen molar-refractivity contribution >= 4 is 5.97 Å². The molecule has 0 spiro atoms. The molecule has 0 fully saturated rings. The van der Waals surface area contributed by atoms with Gasteiger partial charge in [0.25, 0.3) is 0 Å². The van der Waals surface area contributed by atoms with E-state index in [0.29, 0.717) is 6.42 Å². The van der Waals surface area contributed by atoms with Crippen LogP contribution in [0.5, 0.6) is 0 Å². The van der Waals surface area contributed by atoms with E-state index in [9.17, 15) is 9.90 Å². The van der Waals surface area contributed by atoms with Crippen molar-refractivity contribution in [1.29, 1.82) is 0 Å². The van der Waals surface area contributed by atoms with Crippen molar-refractivity contribution in [2.45, 2.75) is 73.3 Å². The first-order valence-corrected chi connectivity index (χ1v) is 9.15. The van der Waals surface area contributed by atoms with Crippen molar-refractivity contribution in [3.8, 4) is 0 Å². The number of hydrogen-bond acceptors (Lipinski definition) is 3. The van der Waals surface area contributed by atoms with Crippen LogP contribution in [0.3, 0.4) is 0 Å². The molecule has 140 valence electrons. The maximum Gasteiger partial charge on any atom is 0.302 e. The van der Waals surface area contributed by atoms with Crippen LogP contribution >= 0.6 is 0 Å². The predicted molar refractivity (Wildman–Crippen MR) is 104 cm³/mol. The van der Waals surface area contributed by atoms with E-state index in [-0.39, 0.29) is 18.0 Å². The number of aliphatic hydroxyl groups is 1. The Morgan fingerprint density at radius 1 is 1.32 bits per heavy atom. The standard InChI is InChI=1S/C22H34O3/c1-16(9-10-21-18(3)8-7-12-22(21,5)6)14-20(24)15-17(2)11-13-25-19(4)23/h9-11,14,20,24H,7-8,12-13,15H2,1-6H3/b10-9+,16-14+,17-11+. The highest BCUT2D eigenvalue weighted by Crippen LogP contribution is 2.40. The summed E-state index contributed by atoms with van der Waals surface area (Å²) in [5, 5.41) is 10.2. The average molecular weight is 347 g/mol. The van der Waals surface area contributed by atoms with Crippen molar-refractivity contribution < 1.29 is 14.6 Å². The molecule has 1 atom stereocenters. The molecule has 0 radical (unpaired) electrons. The van der Waals surface area contributed by atoms with Crippen LogP contribution in [0.25, 0.3) is 0 Å². The number of hydrogen-bond donors (Lipinski definition) is 1. The van der Waals surface area contributed by atoms with E-state index in [1.807, 2.05) is 26.0 Å². The minimum absolute atomic E-state index is 0.230. The Labute approximate surface area is 153 Å². The van der Waals surface area contributed by atoms with Gasteiger partial charge in [0.1, 0.15) is 6.61 Å². The second kappa shape index (κ2) is 9.76.